The number of nitrogen functional groups attached to an aromatic ring is 1. The molecule has 5 rings (SSSR count). The number of nitrogens with zero attached hydrogens (tertiary/aromatic N) is 6. The Morgan fingerprint density at radius 2 is 1.26 bits per heavy atom. The number of likely N-dealkylation sites (N-methyl/N-ethyl adjacent to an activating group) is 1. The van der Waals surface area contributed by atoms with E-state index in [-0.39, 0.29) is 17.9 Å². The van der Waals surface area contributed by atoms with Gasteiger partial charge in [0.05, 0.1) is 37.1 Å². The molecule has 0 aromatic heterocycles. The first kappa shape index (κ1) is 45.3. The van der Waals surface area contributed by atoms with Gasteiger partial charge in [-0.2, -0.15) is 10.2 Å². The molecule has 0 fully saturated rings. The highest BCUT2D eigenvalue weighted by molar-refractivity contribution is 5.92. The van der Waals surface area contributed by atoms with Gasteiger partial charge in [-0.05, 0) is 97.1 Å². The number of nitro benzene ring substituents is 1. The monoisotopic (exact) mass is 829 g/mol. The van der Waals surface area contributed by atoms with Crippen molar-refractivity contribution in [2.45, 2.75) is 71.6 Å². The Kier molecular flexibility index (Phi) is 17.1. The molecule has 3 N–H and O–H groups in total. The van der Waals surface area contributed by atoms with Crippen molar-refractivity contribution in [3.05, 3.63) is 118 Å². The van der Waals surface area contributed by atoms with Gasteiger partial charge in [0.1, 0.15) is 40.8 Å². The van der Waals surface area contributed by atoms with Crippen molar-refractivity contribution in [2.75, 3.05) is 44.5 Å². The van der Waals surface area contributed by atoms with Crippen LogP contribution in [0.15, 0.2) is 118 Å². The maximum Gasteiger partial charge on any atom is 0.339 e. The lowest BCUT2D eigenvalue weighted by Gasteiger charge is -2.23. The van der Waals surface area contributed by atoms with E-state index < -0.39 is 10.9 Å². The fourth-order valence-corrected chi connectivity index (χ4v) is 6.80. The largest absolute Gasteiger partial charge is 0.494 e. The molecule has 0 aliphatic carbocycles. The smallest absolute Gasteiger partial charge is 0.339 e. The number of hydrogen-bond donors (Lipinski definition) is 2. The predicted octanol–water partition coefficient (Wildman–Crippen LogP) is 13.0. The molecule has 0 aliphatic rings. The van der Waals surface area contributed by atoms with Gasteiger partial charge in [0.25, 0.3) is 5.69 Å². The average molecular weight is 830 g/mol. The lowest BCUT2D eigenvalue weighted by atomic mass is 9.97. The Labute approximate surface area is 357 Å². The van der Waals surface area contributed by atoms with Crippen LogP contribution in [0, 0.1) is 10.1 Å². The van der Waals surface area contributed by atoms with E-state index in [0.29, 0.717) is 53.1 Å². The van der Waals surface area contributed by atoms with Gasteiger partial charge in [0.2, 0.25) is 0 Å². The van der Waals surface area contributed by atoms with Crippen molar-refractivity contribution >= 4 is 45.8 Å². The highest BCUT2D eigenvalue weighted by atomic mass is 16.6. The molecular formula is C47H55N7O7. The molecule has 0 radical (unpaired) electrons. The van der Waals surface area contributed by atoms with E-state index in [2.05, 4.69) is 38.3 Å². The molecule has 0 atom stereocenters. The van der Waals surface area contributed by atoms with E-state index in [1.54, 1.807) is 24.3 Å². The summed E-state index contributed by atoms with van der Waals surface area (Å²) in [5.74, 6) is 0.0248. The van der Waals surface area contributed by atoms with E-state index in [1.807, 2.05) is 49.4 Å². The second-order valence-electron chi connectivity index (χ2n) is 14.5. The van der Waals surface area contributed by atoms with E-state index in [1.165, 1.54) is 83.4 Å². The number of methoxy groups -OCH3 is 2. The topological polar surface area (TPSA) is 187 Å². The van der Waals surface area contributed by atoms with Crippen LogP contribution in [0.4, 0.5) is 39.8 Å². The van der Waals surface area contributed by atoms with Gasteiger partial charge in [0, 0.05) is 42.2 Å². The highest BCUT2D eigenvalue weighted by Crippen LogP contribution is 2.41. The summed E-state index contributed by atoms with van der Waals surface area (Å²) >= 11 is 0. The van der Waals surface area contributed by atoms with Gasteiger partial charge in [0.15, 0.2) is 0 Å². The zero-order chi connectivity index (χ0) is 43.6. The third-order valence-corrected chi connectivity index (χ3v) is 10.3. The zero-order valence-corrected chi connectivity index (χ0v) is 35.4. The first-order valence-corrected chi connectivity index (χ1v) is 20.7. The molecule has 5 aromatic carbocycles. The molecule has 5 aromatic rings. The van der Waals surface area contributed by atoms with Gasteiger partial charge in [-0.15, -0.1) is 10.2 Å². The number of aromatic carboxylic acids is 1. The summed E-state index contributed by atoms with van der Waals surface area (Å²) in [6.07, 6.45) is 10.9. The van der Waals surface area contributed by atoms with E-state index in [4.69, 9.17) is 19.9 Å². The van der Waals surface area contributed by atoms with E-state index in [9.17, 15) is 20.0 Å². The molecule has 14 nitrogen and oxygen atoms in total. The van der Waals surface area contributed by atoms with Crippen LogP contribution in [0.3, 0.4) is 0 Å². The summed E-state index contributed by atoms with van der Waals surface area (Å²) in [5.41, 5.74) is 12.9. The van der Waals surface area contributed by atoms with Crippen molar-refractivity contribution in [3.63, 3.8) is 0 Å². The molecule has 0 unspecified atom stereocenters. The first-order chi connectivity index (χ1) is 29.6. The van der Waals surface area contributed by atoms with Crippen LogP contribution in [-0.2, 0) is 6.42 Å². The average Bonchev–Trinajstić information content (AvgIpc) is 3.28. The summed E-state index contributed by atoms with van der Waals surface area (Å²) in [6, 6.07) is 27.8. The lowest BCUT2D eigenvalue weighted by Crippen LogP contribution is -2.28. The van der Waals surface area contributed by atoms with Crippen LogP contribution >= 0.6 is 0 Å². The van der Waals surface area contributed by atoms with Crippen LogP contribution in [-0.4, -0.2) is 49.9 Å². The Hall–Kier alpha value is -6.83. The second-order valence-corrected chi connectivity index (χ2v) is 14.5. The van der Waals surface area contributed by atoms with Crippen LogP contribution < -0.4 is 24.8 Å². The van der Waals surface area contributed by atoms with E-state index >= 15 is 0 Å². The van der Waals surface area contributed by atoms with Gasteiger partial charge in [-0.25, -0.2) is 4.79 Å². The summed E-state index contributed by atoms with van der Waals surface area (Å²) in [5, 5.41) is 38.2. The van der Waals surface area contributed by atoms with Crippen molar-refractivity contribution in [2.24, 2.45) is 20.5 Å². The number of azo groups is 2. The number of aryl methyl sites for hydroxylation is 1. The highest BCUT2D eigenvalue weighted by Gasteiger charge is 2.16. The molecule has 0 bridgehead atoms. The molecule has 0 heterocycles. The molecule has 14 heteroatoms. The van der Waals surface area contributed by atoms with Crippen molar-refractivity contribution in [1.29, 1.82) is 0 Å². The summed E-state index contributed by atoms with van der Waals surface area (Å²) in [7, 11) is 3.00. The fraction of sp³-hybridized carbons (Fsp3) is 0.340. The number of nitrogens with two attached hydrogens (primary N) is 1. The normalized spacial score (nSPS) is 11.3. The quantitative estimate of drug-likeness (QED) is 0.0200. The molecule has 0 spiro atoms. The number of carboxylic acids is 1. The molecule has 0 saturated carbocycles. The number of benzene rings is 5. The number of non-ortho nitro benzene ring substituents is 1. The van der Waals surface area contributed by atoms with Gasteiger partial charge < -0.3 is 30.0 Å². The maximum absolute atomic E-state index is 12.2. The summed E-state index contributed by atoms with van der Waals surface area (Å²) in [6.45, 7) is 5.74. The van der Waals surface area contributed by atoms with Crippen LogP contribution in [0.25, 0.3) is 11.1 Å². The second kappa shape index (κ2) is 23.1. The number of nitro groups is 1. The van der Waals surface area contributed by atoms with Crippen molar-refractivity contribution in [3.8, 4) is 28.4 Å². The maximum atomic E-state index is 12.2. The molecule has 0 aliphatic heterocycles. The predicted molar refractivity (Wildman–Crippen MR) is 240 cm³/mol. The number of carbonyl (C=O) groups is 1. The number of hydrogen-bond acceptors (Lipinski definition) is 12. The minimum Gasteiger partial charge on any atom is -0.494 e. The number of carboxylic acid groups (broad SMARTS) is 1. The SMILES string of the molecule is CCCCCCCCCCc1cc(-c2ccc(C(=O)O)c(OCCN(CC)c3ccc(/N=N/c4cc(OC)c(/N=N/c5ccc([N+](=O)[O-])cc5)cc4OC)cc3)c2)ccc1N. The molecule has 320 valence electrons. The number of ether oxygens (including phenoxy) is 3. The van der Waals surface area contributed by atoms with Crippen LogP contribution in [0.1, 0.15) is 81.1 Å². The van der Waals surface area contributed by atoms with Crippen molar-refractivity contribution in [1.82, 2.24) is 0 Å². The Morgan fingerprint density at radius 1 is 0.705 bits per heavy atom. The minimum absolute atomic E-state index is 0.0430. The molecular weight excluding hydrogens is 775 g/mol. The Balaban J connectivity index is 1.20. The number of unbranched alkanes of at least 4 members (excludes halogenated alkanes) is 7. The third-order valence-electron chi connectivity index (χ3n) is 10.3. The molecule has 0 amide bonds. The van der Waals surface area contributed by atoms with Gasteiger partial charge >= 0.3 is 5.97 Å². The third kappa shape index (κ3) is 13.1. The first-order valence-electron chi connectivity index (χ1n) is 20.7. The standard InChI is InChI=1S/C47H55N7O7/c1-5-7-8-9-10-11-12-13-14-35-29-33(16-26-41(35)48)34-15-25-40(47(55)56)44(30-34)61-28-27-53(6-2)38-21-17-36(18-22-38)49-51-42-31-46(60-4)43(32-45(42)59-3)52-50-37-19-23-39(24-20-37)54(57)58/h15-26,29-32H,5-14,27-28,48H2,1-4H3,(H,55,56)/b51-49+,52-50+. The number of anilines is 2. The lowest BCUT2D eigenvalue weighted by molar-refractivity contribution is -0.384. The van der Waals surface area contributed by atoms with E-state index in [0.717, 1.165) is 40.9 Å². The molecule has 0 saturated heterocycles. The van der Waals surface area contributed by atoms with Crippen molar-refractivity contribution < 1.29 is 29.0 Å². The van der Waals surface area contributed by atoms with Gasteiger partial charge in [-0.3, -0.25) is 10.1 Å². The summed E-state index contributed by atoms with van der Waals surface area (Å²) in [4.78, 5) is 24.8. The fourth-order valence-electron chi connectivity index (χ4n) is 6.80. The number of rotatable bonds is 24. The minimum atomic E-state index is -1.05. The van der Waals surface area contributed by atoms with Crippen LogP contribution in [0.2, 0.25) is 0 Å². The Morgan fingerprint density at radius 3 is 1.82 bits per heavy atom. The van der Waals surface area contributed by atoms with Gasteiger partial charge in [-0.1, -0.05) is 64.0 Å². The summed E-state index contributed by atoms with van der Waals surface area (Å²) < 4.78 is 17.2. The Bertz CT molecular complexity index is 2280. The van der Waals surface area contributed by atoms with Crippen LogP contribution in [0.5, 0.6) is 17.2 Å². The zero-order valence-electron chi connectivity index (χ0n) is 35.4. The molecule has 61 heavy (non-hydrogen) atoms.